The maximum atomic E-state index is 11.9. The molecule has 1 saturated carbocycles. The van der Waals surface area contributed by atoms with Crippen molar-refractivity contribution in [1.82, 2.24) is 5.32 Å². The zero-order valence-corrected chi connectivity index (χ0v) is 11.7. The SMILES string of the molecule is COC(=O)c1ccc(C(=O)NC[C@](C)(O)C2CC2)cc1. The van der Waals surface area contributed by atoms with Crippen LogP contribution < -0.4 is 5.32 Å². The van der Waals surface area contributed by atoms with Gasteiger partial charge in [-0.15, -0.1) is 0 Å². The van der Waals surface area contributed by atoms with Crippen molar-refractivity contribution in [3.63, 3.8) is 0 Å². The fraction of sp³-hybridized carbons (Fsp3) is 0.467. The normalized spacial score (nSPS) is 17.1. The molecule has 0 aromatic heterocycles. The summed E-state index contributed by atoms with van der Waals surface area (Å²) in [6.07, 6.45) is 2.02. The Bertz CT molecular complexity index is 503. The van der Waals surface area contributed by atoms with Crippen LogP contribution in [0.4, 0.5) is 0 Å². The minimum Gasteiger partial charge on any atom is -0.465 e. The second-order valence-corrected chi connectivity index (χ2v) is 5.38. The Morgan fingerprint density at radius 2 is 1.85 bits per heavy atom. The number of rotatable bonds is 5. The zero-order chi connectivity index (χ0) is 14.8. The summed E-state index contributed by atoms with van der Waals surface area (Å²) < 4.78 is 4.59. The van der Waals surface area contributed by atoms with Crippen molar-refractivity contribution in [1.29, 1.82) is 0 Å². The Balaban J connectivity index is 1.93. The van der Waals surface area contributed by atoms with E-state index in [4.69, 9.17) is 0 Å². The van der Waals surface area contributed by atoms with E-state index in [2.05, 4.69) is 10.1 Å². The molecule has 5 heteroatoms. The molecule has 0 saturated heterocycles. The van der Waals surface area contributed by atoms with Crippen molar-refractivity contribution in [2.24, 2.45) is 5.92 Å². The maximum Gasteiger partial charge on any atom is 0.337 e. The lowest BCUT2D eigenvalue weighted by molar-refractivity contribution is 0.0354. The lowest BCUT2D eigenvalue weighted by atomic mass is 10.0. The topological polar surface area (TPSA) is 75.6 Å². The smallest absolute Gasteiger partial charge is 0.337 e. The molecule has 0 spiro atoms. The third-order valence-electron chi connectivity index (χ3n) is 3.63. The van der Waals surface area contributed by atoms with Crippen molar-refractivity contribution in [2.45, 2.75) is 25.4 Å². The van der Waals surface area contributed by atoms with Gasteiger partial charge < -0.3 is 15.2 Å². The molecule has 1 aromatic carbocycles. The van der Waals surface area contributed by atoms with Gasteiger partial charge >= 0.3 is 5.97 Å². The van der Waals surface area contributed by atoms with Crippen LogP contribution in [-0.4, -0.2) is 36.2 Å². The summed E-state index contributed by atoms with van der Waals surface area (Å²) in [6.45, 7) is 1.97. The highest BCUT2D eigenvalue weighted by Crippen LogP contribution is 2.39. The number of aliphatic hydroxyl groups is 1. The number of esters is 1. The molecule has 0 bridgehead atoms. The second kappa shape index (κ2) is 5.63. The van der Waals surface area contributed by atoms with E-state index in [1.807, 2.05) is 0 Å². The van der Waals surface area contributed by atoms with Crippen LogP contribution in [0, 0.1) is 5.92 Å². The average Bonchev–Trinajstić information content (AvgIpc) is 3.29. The number of carbonyl (C=O) groups excluding carboxylic acids is 2. The Morgan fingerprint density at radius 1 is 1.30 bits per heavy atom. The third kappa shape index (κ3) is 3.36. The van der Waals surface area contributed by atoms with E-state index in [-0.39, 0.29) is 18.4 Å². The number of hydrogen-bond acceptors (Lipinski definition) is 4. The minimum absolute atomic E-state index is 0.231. The summed E-state index contributed by atoms with van der Waals surface area (Å²) in [5.41, 5.74) is 0.00000898. The van der Waals surface area contributed by atoms with Gasteiger partial charge in [0.2, 0.25) is 0 Å². The van der Waals surface area contributed by atoms with Crippen LogP contribution in [0.3, 0.4) is 0 Å². The predicted octanol–water partition coefficient (Wildman–Crippen LogP) is 1.36. The first kappa shape index (κ1) is 14.5. The molecule has 2 N–H and O–H groups in total. The lowest BCUT2D eigenvalue weighted by Gasteiger charge is -2.23. The zero-order valence-electron chi connectivity index (χ0n) is 11.7. The molecule has 1 aliphatic carbocycles. The molecular formula is C15H19NO4. The summed E-state index contributed by atoms with van der Waals surface area (Å²) in [4.78, 5) is 23.2. The van der Waals surface area contributed by atoms with Gasteiger partial charge in [0.25, 0.3) is 5.91 Å². The van der Waals surface area contributed by atoms with Crippen molar-refractivity contribution in [2.75, 3.05) is 13.7 Å². The number of methoxy groups -OCH3 is 1. The standard InChI is InChI=1S/C15H19NO4/c1-15(19,12-7-8-12)9-16-13(17)10-3-5-11(6-4-10)14(18)20-2/h3-6,12,19H,7-9H2,1-2H3,(H,16,17)/t15-/m0/s1. The van der Waals surface area contributed by atoms with E-state index in [9.17, 15) is 14.7 Å². The number of hydrogen-bond donors (Lipinski definition) is 2. The monoisotopic (exact) mass is 277 g/mol. The quantitative estimate of drug-likeness (QED) is 0.797. The third-order valence-corrected chi connectivity index (χ3v) is 3.63. The predicted molar refractivity (Wildman–Crippen MR) is 73.5 cm³/mol. The first-order valence-corrected chi connectivity index (χ1v) is 6.63. The van der Waals surface area contributed by atoms with Crippen LogP contribution in [0.2, 0.25) is 0 Å². The van der Waals surface area contributed by atoms with Gasteiger partial charge in [-0.3, -0.25) is 4.79 Å². The summed E-state index contributed by atoms with van der Waals surface area (Å²) >= 11 is 0. The van der Waals surface area contributed by atoms with E-state index >= 15 is 0 Å². The van der Waals surface area contributed by atoms with E-state index < -0.39 is 11.6 Å². The average molecular weight is 277 g/mol. The fourth-order valence-corrected chi connectivity index (χ4v) is 2.09. The van der Waals surface area contributed by atoms with Crippen molar-refractivity contribution in [3.8, 4) is 0 Å². The Hall–Kier alpha value is -1.88. The molecule has 0 unspecified atom stereocenters. The number of amides is 1. The van der Waals surface area contributed by atoms with Gasteiger partial charge in [0, 0.05) is 12.1 Å². The van der Waals surface area contributed by atoms with Crippen LogP contribution in [0.15, 0.2) is 24.3 Å². The molecule has 1 atom stereocenters. The fourth-order valence-electron chi connectivity index (χ4n) is 2.09. The Morgan fingerprint density at radius 3 is 2.35 bits per heavy atom. The summed E-state index contributed by atoms with van der Waals surface area (Å²) in [7, 11) is 1.31. The van der Waals surface area contributed by atoms with E-state index in [0.717, 1.165) is 12.8 Å². The number of benzene rings is 1. The van der Waals surface area contributed by atoms with Gasteiger partial charge in [-0.25, -0.2) is 4.79 Å². The van der Waals surface area contributed by atoms with Crippen molar-refractivity contribution < 1.29 is 19.4 Å². The molecule has 5 nitrogen and oxygen atoms in total. The maximum absolute atomic E-state index is 11.9. The molecule has 1 aromatic rings. The van der Waals surface area contributed by atoms with Crippen molar-refractivity contribution in [3.05, 3.63) is 35.4 Å². The van der Waals surface area contributed by atoms with E-state index in [1.54, 1.807) is 31.2 Å². The van der Waals surface area contributed by atoms with Gasteiger partial charge in [-0.05, 0) is 49.9 Å². The molecule has 0 aliphatic heterocycles. The molecule has 2 rings (SSSR count). The summed E-state index contributed by atoms with van der Waals surface area (Å²) in [5, 5.41) is 12.8. The van der Waals surface area contributed by atoms with Gasteiger partial charge in [-0.2, -0.15) is 0 Å². The summed E-state index contributed by atoms with van der Waals surface area (Å²) in [5.74, 6) is -0.416. The van der Waals surface area contributed by atoms with Gasteiger partial charge in [0.15, 0.2) is 0 Å². The molecule has 0 heterocycles. The molecule has 1 amide bonds. The second-order valence-electron chi connectivity index (χ2n) is 5.38. The molecule has 1 fully saturated rings. The molecule has 1 aliphatic rings. The van der Waals surface area contributed by atoms with E-state index in [0.29, 0.717) is 11.1 Å². The molecular weight excluding hydrogens is 258 g/mol. The first-order valence-electron chi connectivity index (χ1n) is 6.63. The van der Waals surface area contributed by atoms with Crippen LogP contribution in [-0.2, 0) is 4.74 Å². The van der Waals surface area contributed by atoms with Crippen LogP contribution >= 0.6 is 0 Å². The van der Waals surface area contributed by atoms with Gasteiger partial charge in [0.05, 0.1) is 18.3 Å². The van der Waals surface area contributed by atoms with Crippen LogP contribution in [0.1, 0.15) is 40.5 Å². The first-order chi connectivity index (χ1) is 9.44. The van der Waals surface area contributed by atoms with Crippen molar-refractivity contribution >= 4 is 11.9 Å². The van der Waals surface area contributed by atoms with Gasteiger partial charge in [-0.1, -0.05) is 0 Å². The van der Waals surface area contributed by atoms with Crippen LogP contribution in [0.5, 0.6) is 0 Å². The highest BCUT2D eigenvalue weighted by Gasteiger charge is 2.39. The Labute approximate surface area is 117 Å². The summed E-state index contributed by atoms with van der Waals surface area (Å²) in [6, 6.07) is 6.21. The molecule has 20 heavy (non-hydrogen) atoms. The number of nitrogens with one attached hydrogen (secondary N) is 1. The minimum atomic E-state index is -0.846. The highest BCUT2D eigenvalue weighted by atomic mass is 16.5. The number of ether oxygens (including phenoxy) is 1. The lowest BCUT2D eigenvalue weighted by Crippen LogP contribution is -2.42. The number of carbonyl (C=O) groups is 2. The van der Waals surface area contributed by atoms with Crippen LogP contribution in [0.25, 0.3) is 0 Å². The molecule has 108 valence electrons. The Kier molecular flexibility index (Phi) is 4.09. The molecule has 0 radical (unpaired) electrons. The highest BCUT2D eigenvalue weighted by molar-refractivity contribution is 5.96. The largest absolute Gasteiger partial charge is 0.465 e. The van der Waals surface area contributed by atoms with Gasteiger partial charge in [0.1, 0.15) is 0 Å². The van der Waals surface area contributed by atoms with E-state index in [1.165, 1.54) is 7.11 Å².